The zero-order chi connectivity index (χ0) is 10.2. The van der Waals surface area contributed by atoms with Crippen molar-refractivity contribution in [3.8, 4) is 0 Å². The van der Waals surface area contributed by atoms with Crippen LogP contribution in [0, 0.1) is 0 Å². The molecule has 0 N–H and O–H groups in total. The van der Waals surface area contributed by atoms with Gasteiger partial charge in [-0.25, -0.2) is 4.67 Å². The summed E-state index contributed by atoms with van der Waals surface area (Å²) in [6, 6.07) is 0. The lowest BCUT2D eigenvalue weighted by Gasteiger charge is -2.43. The Bertz CT molecular complexity index is 132. The van der Waals surface area contributed by atoms with Gasteiger partial charge in [-0.2, -0.15) is 8.39 Å². The Hall–Kier alpha value is 0.250. The Balaban J connectivity index is 4.70. The van der Waals surface area contributed by atoms with E-state index in [1.54, 1.807) is 0 Å². The molecule has 0 bridgehead atoms. The van der Waals surface area contributed by atoms with Gasteiger partial charge in [0.25, 0.3) is 0 Å². The van der Waals surface area contributed by atoms with Gasteiger partial charge in [0.15, 0.2) is 0 Å². The SMILES string of the molecule is CC(C)(C)N(P(F)F)C(C)(C)C. The predicted octanol–water partition coefficient (Wildman–Crippen LogP) is 4.05. The van der Waals surface area contributed by atoms with E-state index < -0.39 is 19.8 Å². The average Bonchev–Trinajstić information content (AvgIpc) is 1.49. The molecule has 0 rings (SSSR count). The van der Waals surface area contributed by atoms with Gasteiger partial charge in [-0.1, -0.05) is 0 Å². The zero-order valence-corrected chi connectivity index (χ0v) is 9.54. The summed E-state index contributed by atoms with van der Waals surface area (Å²) in [7, 11) is -3.01. The molecule has 0 amide bonds. The summed E-state index contributed by atoms with van der Waals surface area (Å²) < 4.78 is 26.6. The van der Waals surface area contributed by atoms with Crippen LogP contribution in [-0.4, -0.2) is 15.7 Å². The van der Waals surface area contributed by atoms with Crippen molar-refractivity contribution in [2.45, 2.75) is 52.6 Å². The normalized spacial score (nSPS) is 14.5. The Kier molecular flexibility index (Phi) is 3.62. The molecule has 0 aliphatic rings. The lowest BCUT2D eigenvalue weighted by Crippen LogP contribution is -2.47. The summed E-state index contributed by atoms with van der Waals surface area (Å²) in [6.07, 6.45) is 0. The maximum Gasteiger partial charge on any atom is 0.346 e. The van der Waals surface area contributed by atoms with Crippen molar-refractivity contribution >= 4 is 8.69 Å². The van der Waals surface area contributed by atoms with Gasteiger partial charge < -0.3 is 0 Å². The fourth-order valence-electron chi connectivity index (χ4n) is 1.46. The van der Waals surface area contributed by atoms with Gasteiger partial charge >= 0.3 is 8.69 Å². The van der Waals surface area contributed by atoms with Crippen LogP contribution in [0.15, 0.2) is 0 Å². The van der Waals surface area contributed by atoms with E-state index in [1.807, 2.05) is 41.5 Å². The van der Waals surface area contributed by atoms with Crippen LogP contribution in [0.2, 0.25) is 0 Å². The molecule has 0 saturated carbocycles. The lowest BCUT2D eigenvalue weighted by molar-refractivity contribution is 0.133. The third-order valence-corrected chi connectivity index (χ3v) is 2.92. The molecule has 0 unspecified atom stereocenters. The fraction of sp³-hybridized carbons (Fsp3) is 1.00. The molecule has 0 aromatic carbocycles. The number of hydrogen-bond acceptors (Lipinski definition) is 1. The van der Waals surface area contributed by atoms with Crippen LogP contribution >= 0.6 is 8.69 Å². The average molecular weight is 197 g/mol. The smallest absolute Gasteiger partial charge is 0.219 e. The Morgan fingerprint density at radius 3 is 1.08 bits per heavy atom. The van der Waals surface area contributed by atoms with Gasteiger partial charge in [-0.3, -0.25) is 0 Å². The first-order chi connectivity index (χ1) is 5.07. The van der Waals surface area contributed by atoms with Crippen LogP contribution in [0.25, 0.3) is 0 Å². The summed E-state index contributed by atoms with van der Waals surface area (Å²) in [5.41, 5.74) is -0.930. The Morgan fingerprint density at radius 2 is 1.08 bits per heavy atom. The van der Waals surface area contributed by atoms with Gasteiger partial charge in [0.1, 0.15) is 0 Å². The zero-order valence-electron chi connectivity index (χ0n) is 8.65. The first kappa shape index (κ1) is 12.2. The largest absolute Gasteiger partial charge is 0.346 e. The molecule has 0 aromatic heterocycles. The van der Waals surface area contributed by atoms with Crippen LogP contribution in [0.5, 0.6) is 0 Å². The fourth-order valence-corrected chi connectivity index (χ4v) is 2.37. The highest BCUT2D eigenvalue weighted by Crippen LogP contribution is 2.52. The Labute approximate surface area is 75.2 Å². The molecule has 74 valence electrons. The number of halogens is 2. The molecule has 0 aliphatic carbocycles. The first-order valence-corrected chi connectivity index (χ1v) is 5.06. The number of nitrogens with zero attached hydrogens (tertiary/aromatic N) is 1. The van der Waals surface area contributed by atoms with Crippen molar-refractivity contribution in [1.82, 2.24) is 4.67 Å². The van der Waals surface area contributed by atoms with Crippen molar-refractivity contribution in [3.05, 3.63) is 0 Å². The minimum Gasteiger partial charge on any atom is -0.219 e. The minimum absolute atomic E-state index is 0.465. The van der Waals surface area contributed by atoms with E-state index in [0.29, 0.717) is 0 Å². The number of rotatable bonds is 1. The van der Waals surface area contributed by atoms with Crippen LogP contribution in [0.3, 0.4) is 0 Å². The van der Waals surface area contributed by atoms with Gasteiger partial charge in [0.2, 0.25) is 0 Å². The van der Waals surface area contributed by atoms with Crippen molar-refractivity contribution in [2.24, 2.45) is 0 Å². The Morgan fingerprint density at radius 1 is 0.833 bits per heavy atom. The standard InChI is InChI=1S/C8H18F2NP/c1-7(2,3)11(12(9)10)8(4,5)6/h1-6H3. The molecule has 0 atom stereocenters. The van der Waals surface area contributed by atoms with Crippen molar-refractivity contribution in [3.63, 3.8) is 0 Å². The van der Waals surface area contributed by atoms with E-state index >= 15 is 0 Å². The van der Waals surface area contributed by atoms with Crippen molar-refractivity contribution in [2.75, 3.05) is 0 Å². The number of hydrogen-bond donors (Lipinski definition) is 0. The van der Waals surface area contributed by atoms with Crippen LogP contribution in [-0.2, 0) is 0 Å². The first-order valence-electron chi connectivity index (χ1n) is 3.99. The second-order valence-corrected chi connectivity index (χ2v) is 5.70. The quantitative estimate of drug-likeness (QED) is 0.573. The monoisotopic (exact) mass is 197 g/mol. The molecule has 0 heterocycles. The molecular weight excluding hydrogens is 179 g/mol. The van der Waals surface area contributed by atoms with Gasteiger partial charge in [-0.05, 0) is 41.5 Å². The summed E-state index contributed by atoms with van der Waals surface area (Å²) in [5, 5.41) is 0. The van der Waals surface area contributed by atoms with E-state index in [9.17, 15) is 8.39 Å². The molecule has 0 fully saturated rings. The maximum atomic E-state index is 12.7. The van der Waals surface area contributed by atoms with Gasteiger partial charge in [0, 0.05) is 11.1 Å². The highest BCUT2D eigenvalue weighted by atomic mass is 31.2. The minimum atomic E-state index is -3.01. The second-order valence-electron chi connectivity index (χ2n) is 4.87. The van der Waals surface area contributed by atoms with Crippen molar-refractivity contribution < 1.29 is 8.39 Å². The molecule has 0 radical (unpaired) electrons. The third-order valence-electron chi connectivity index (χ3n) is 1.42. The molecule has 0 spiro atoms. The molecule has 12 heavy (non-hydrogen) atoms. The molecule has 1 nitrogen and oxygen atoms in total. The summed E-state index contributed by atoms with van der Waals surface area (Å²) >= 11 is 0. The van der Waals surface area contributed by atoms with E-state index in [2.05, 4.69) is 0 Å². The highest BCUT2D eigenvalue weighted by molar-refractivity contribution is 7.43. The topological polar surface area (TPSA) is 3.24 Å². The molecule has 0 saturated heterocycles. The lowest BCUT2D eigenvalue weighted by atomic mass is 10.0. The molecular formula is C8H18F2NP. The van der Waals surface area contributed by atoms with E-state index in [1.165, 1.54) is 4.67 Å². The van der Waals surface area contributed by atoms with Crippen molar-refractivity contribution in [1.29, 1.82) is 0 Å². The van der Waals surface area contributed by atoms with E-state index in [4.69, 9.17) is 0 Å². The highest BCUT2D eigenvalue weighted by Gasteiger charge is 2.38. The summed E-state index contributed by atoms with van der Waals surface area (Å²) in [6.45, 7) is 10.9. The predicted molar refractivity (Wildman–Crippen MR) is 50.5 cm³/mol. The molecule has 4 heteroatoms. The maximum absolute atomic E-state index is 12.7. The van der Waals surface area contributed by atoms with Gasteiger partial charge in [0.05, 0.1) is 0 Å². The van der Waals surface area contributed by atoms with E-state index in [-0.39, 0.29) is 0 Å². The third kappa shape index (κ3) is 3.32. The second kappa shape index (κ2) is 3.55. The van der Waals surface area contributed by atoms with Crippen LogP contribution in [0.4, 0.5) is 8.39 Å². The van der Waals surface area contributed by atoms with Crippen LogP contribution < -0.4 is 0 Å². The van der Waals surface area contributed by atoms with E-state index in [0.717, 1.165) is 0 Å². The summed E-state index contributed by atoms with van der Waals surface area (Å²) in [5.74, 6) is 0. The van der Waals surface area contributed by atoms with Gasteiger partial charge in [-0.15, -0.1) is 0 Å². The molecule has 0 aromatic rings. The molecule has 0 aliphatic heterocycles. The summed E-state index contributed by atoms with van der Waals surface area (Å²) in [4.78, 5) is 0. The van der Waals surface area contributed by atoms with Crippen LogP contribution in [0.1, 0.15) is 41.5 Å².